The summed E-state index contributed by atoms with van der Waals surface area (Å²) < 4.78 is 0. The molecule has 0 unspecified atom stereocenters. The summed E-state index contributed by atoms with van der Waals surface area (Å²) in [6, 6.07) is 6.15. The number of nitrogens with zero attached hydrogens (tertiary/aromatic N) is 5. The second-order valence-electron chi connectivity index (χ2n) is 5.98. The van der Waals surface area contributed by atoms with Crippen LogP contribution >= 0.6 is 11.3 Å². The molecule has 0 saturated carbocycles. The minimum absolute atomic E-state index is 0.765. The molecule has 3 aromatic heterocycles. The molecule has 0 spiro atoms. The first-order valence-electron chi connectivity index (χ1n) is 7.83. The predicted octanol–water partition coefficient (Wildman–Crippen LogP) is 2.81. The number of pyridine rings is 1. The second-order valence-corrected chi connectivity index (χ2v) is 7.21. The zero-order chi connectivity index (χ0) is 15.8. The smallest absolute Gasteiger partial charge is 0.164 e. The van der Waals surface area contributed by atoms with Crippen molar-refractivity contribution in [2.75, 3.05) is 38.1 Å². The molecule has 0 N–H and O–H groups in total. The van der Waals surface area contributed by atoms with Gasteiger partial charge in [-0.3, -0.25) is 4.98 Å². The summed E-state index contributed by atoms with van der Waals surface area (Å²) in [7, 11) is 2.17. The van der Waals surface area contributed by atoms with Crippen molar-refractivity contribution in [1.29, 1.82) is 0 Å². The molecule has 4 rings (SSSR count). The molecule has 1 aliphatic heterocycles. The molecular formula is C17H19N5S. The summed E-state index contributed by atoms with van der Waals surface area (Å²) in [4.78, 5) is 20.9. The van der Waals surface area contributed by atoms with E-state index in [1.54, 1.807) is 17.5 Å². The summed E-state index contributed by atoms with van der Waals surface area (Å²) in [5, 5.41) is 1.17. The van der Waals surface area contributed by atoms with E-state index in [-0.39, 0.29) is 0 Å². The van der Waals surface area contributed by atoms with Gasteiger partial charge in [0.2, 0.25) is 0 Å². The van der Waals surface area contributed by atoms with Crippen molar-refractivity contribution in [3.8, 4) is 11.4 Å². The molecule has 23 heavy (non-hydrogen) atoms. The molecular weight excluding hydrogens is 306 g/mol. The molecule has 6 heteroatoms. The minimum Gasteiger partial charge on any atom is -0.353 e. The molecule has 0 amide bonds. The number of aromatic nitrogens is 3. The number of piperazine rings is 1. The molecule has 5 nitrogen and oxygen atoms in total. The van der Waals surface area contributed by atoms with E-state index in [1.165, 1.54) is 10.3 Å². The lowest BCUT2D eigenvalue weighted by Crippen LogP contribution is -2.44. The largest absolute Gasteiger partial charge is 0.353 e. The molecule has 3 aromatic rings. The standard InChI is InChI=1S/C17H19N5S/c1-12-10-14-16(22-8-6-21(2)7-9-22)19-15(20-17(14)23-12)13-4-3-5-18-11-13/h3-5,10-11H,6-9H2,1-2H3. The van der Waals surface area contributed by atoms with Crippen molar-refractivity contribution >= 4 is 27.4 Å². The lowest BCUT2D eigenvalue weighted by Gasteiger charge is -2.33. The maximum atomic E-state index is 4.90. The molecule has 0 aliphatic carbocycles. The normalized spacial score (nSPS) is 16.2. The molecule has 0 aromatic carbocycles. The highest BCUT2D eigenvalue weighted by molar-refractivity contribution is 7.18. The van der Waals surface area contributed by atoms with Gasteiger partial charge < -0.3 is 9.80 Å². The highest BCUT2D eigenvalue weighted by Crippen LogP contribution is 2.33. The molecule has 118 valence electrons. The molecule has 0 atom stereocenters. The van der Waals surface area contributed by atoms with Gasteiger partial charge in [0.1, 0.15) is 10.6 Å². The number of hydrogen-bond acceptors (Lipinski definition) is 6. The van der Waals surface area contributed by atoms with Crippen molar-refractivity contribution in [1.82, 2.24) is 19.9 Å². The lowest BCUT2D eigenvalue weighted by atomic mass is 10.2. The van der Waals surface area contributed by atoms with Gasteiger partial charge in [0.25, 0.3) is 0 Å². The number of hydrogen-bond donors (Lipinski definition) is 0. The summed E-state index contributed by atoms with van der Waals surface area (Å²) in [5.74, 6) is 1.83. The van der Waals surface area contributed by atoms with Crippen molar-refractivity contribution in [2.45, 2.75) is 6.92 Å². The molecule has 1 fully saturated rings. The Labute approximate surface area is 139 Å². The van der Waals surface area contributed by atoms with E-state index in [1.807, 2.05) is 18.3 Å². The Hall–Kier alpha value is -2.05. The first-order valence-corrected chi connectivity index (χ1v) is 8.64. The van der Waals surface area contributed by atoms with Gasteiger partial charge in [-0.05, 0) is 32.2 Å². The van der Waals surface area contributed by atoms with Crippen LogP contribution in [0.3, 0.4) is 0 Å². The highest BCUT2D eigenvalue weighted by atomic mass is 32.1. The van der Waals surface area contributed by atoms with Crippen LogP contribution in [-0.4, -0.2) is 53.1 Å². The van der Waals surface area contributed by atoms with Gasteiger partial charge in [0.15, 0.2) is 5.82 Å². The summed E-state index contributed by atoms with van der Waals surface area (Å²) >= 11 is 1.73. The van der Waals surface area contributed by atoms with E-state index in [0.29, 0.717) is 0 Å². The van der Waals surface area contributed by atoms with Crippen LogP contribution in [0.1, 0.15) is 4.88 Å². The number of likely N-dealkylation sites (N-methyl/N-ethyl adjacent to an activating group) is 1. The van der Waals surface area contributed by atoms with E-state index in [4.69, 9.17) is 9.97 Å². The van der Waals surface area contributed by atoms with Crippen LogP contribution in [0.15, 0.2) is 30.6 Å². The first-order chi connectivity index (χ1) is 11.2. The molecule has 4 heterocycles. The van der Waals surface area contributed by atoms with Crippen molar-refractivity contribution in [2.24, 2.45) is 0 Å². The lowest BCUT2D eigenvalue weighted by molar-refractivity contribution is 0.312. The Bertz CT molecular complexity index is 822. The fourth-order valence-electron chi connectivity index (χ4n) is 2.91. The van der Waals surface area contributed by atoms with E-state index < -0.39 is 0 Å². The molecule has 0 radical (unpaired) electrons. The SMILES string of the molecule is Cc1cc2c(N3CCN(C)CC3)nc(-c3cccnc3)nc2s1. The average Bonchev–Trinajstić information content (AvgIpc) is 2.96. The number of fused-ring (bicyclic) bond motifs is 1. The first kappa shape index (κ1) is 14.5. The number of thiophene rings is 1. The van der Waals surface area contributed by atoms with Crippen molar-refractivity contribution in [3.05, 3.63) is 35.5 Å². The number of rotatable bonds is 2. The van der Waals surface area contributed by atoms with Crippen LogP contribution in [0.2, 0.25) is 0 Å². The minimum atomic E-state index is 0.765. The van der Waals surface area contributed by atoms with Gasteiger partial charge in [-0.2, -0.15) is 0 Å². The Balaban J connectivity index is 1.84. The Morgan fingerprint density at radius 1 is 1.13 bits per heavy atom. The van der Waals surface area contributed by atoms with E-state index >= 15 is 0 Å². The third kappa shape index (κ3) is 2.80. The topological polar surface area (TPSA) is 45.2 Å². The van der Waals surface area contributed by atoms with E-state index in [9.17, 15) is 0 Å². The van der Waals surface area contributed by atoms with Gasteiger partial charge >= 0.3 is 0 Å². The van der Waals surface area contributed by atoms with E-state index in [0.717, 1.165) is 48.2 Å². The third-order valence-corrected chi connectivity index (χ3v) is 5.16. The zero-order valence-corrected chi connectivity index (χ0v) is 14.2. The van der Waals surface area contributed by atoms with Crippen molar-refractivity contribution < 1.29 is 0 Å². The Kier molecular flexibility index (Phi) is 3.71. The Morgan fingerprint density at radius 2 is 1.96 bits per heavy atom. The van der Waals surface area contributed by atoms with Gasteiger partial charge in [-0.25, -0.2) is 9.97 Å². The highest BCUT2D eigenvalue weighted by Gasteiger charge is 2.20. The van der Waals surface area contributed by atoms with Crippen LogP contribution in [0.4, 0.5) is 5.82 Å². The monoisotopic (exact) mass is 325 g/mol. The van der Waals surface area contributed by atoms with Gasteiger partial charge in [0.05, 0.1) is 5.39 Å². The predicted molar refractivity (Wildman–Crippen MR) is 95.1 cm³/mol. The van der Waals surface area contributed by atoms with Gasteiger partial charge in [-0.1, -0.05) is 0 Å². The van der Waals surface area contributed by atoms with Crippen LogP contribution in [0.25, 0.3) is 21.6 Å². The van der Waals surface area contributed by atoms with Crippen molar-refractivity contribution in [3.63, 3.8) is 0 Å². The van der Waals surface area contributed by atoms with Crippen LogP contribution in [0, 0.1) is 6.92 Å². The summed E-state index contributed by atoms with van der Waals surface area (Å²) in [6.45, 7) is 6.27. The van der Waals surface area contributed by atoms with Gasteiger partial charge in [-0.15, -0.1) is 11.3 Å². The van der Waals surface area contributed by atoms with E-state index in [2.05, 4.69) is 34.8 Å². The number of anilines is 1. The summed E-state index contributed by atoms with van der Waals surface area (Å²) in [5.41, 5.74) is 0.968. The second kappa shape index (κ2) is 5.86. The quantitative estimate of drug-likeness (QED) is 0.725. The maximum absolute atomic E-state index is 4.90. The van der Waals surface area contributed by atoms with Gasteiger partial charge in [0, 0.05) is 49.0 Å². The maximum Gasteiger partial charge on any atom is 0.164 e. The summed E-state index contributed by atoms with van der Waals surface area (Å²) in [6.07, 6.45) is 3.61. The fraction of sp³-hybridized carbons (Fsp3) is 0.353. The van der Waals surface area contributed by atoms with Crippen LogP contribution in [0.5, 0.6) is 0 Å². The fourth-order valence-corrected chi connectivity index (χ4v) is 3.78. The number of aryl methyl sites for hydroxylation is 1. The average molecular weight is 325 g/mol. The van der Waals surface area contributed by atoms with Crippen LogP contribution < -0.4 is 4.90 Å². The van der Waals surface area contributed by atoms with Crippen LogP contribution in [-0.2, 0) is 0 Å². The zero-order valence-electron chi connectivity index (χ0n) is 13.4. The Morgan fingerprint density at radius 3 is 2.70 bits per heavy atom. The molecule has 1 aliphatic rings. The molecule has 0 bridgehead atoms. The molecule has 1 saturated heterocycles. The third-order valence-electron chi connectivity index (χ3n) is 4.22.